The van der Waals surface area contributed by atoms with Gasteiger partial charge in [-0.1, -0.05) is 6.07 Å². The van der Waals surface area contributed by atoms with Crippen molar-refractivity contribution in [1.29, 1.82) is 0 Å². The summed E-state index contributed by atoms with van der Waals surface area (Å²) in [5, 5.41) is 0. The van der Waals surface area contributed by atoms with Crippen molar-refractivity contribution in [3.05, 3.63) is 35.4 Å². The van der Waals surface area contributed by atoms with E-state index in [1.807, 2.05) is 0 Å². The largest absolute Gasteiger partial charge is 0.385 e. The molecule has 2 N–H and O–H groups in total. The van der Waals surface area contributed by atoms with E-state index < -0.39 is 17.7 Å². The minimum atomic E-state index is -0.656. The average Bonchev–Trinajstić information content (AvgIpc) is 2.14. The van der Waals surface area contributed by atoms with Crippen molar-refractivity contribution in [3.63, 3.8) is 0 Å². The molecule has 0 aromatic heterocycles. The number of hydrogen-bond acceptors (Lipinski definition) is 2. The molecule has 1 unspecified atom stereocenters. The van der Waals surface area contributed by atoms with Crippen molar-refractivity contribution in [2.75, 3.05) is 13.7 Å². The number of methoxy groups -OCH3 is 1. The summed E-state index contributed by atoms with van der Waals surface area (Å²) in [5.74, 6) is -1.21. The van der Waals surface area contributed by atoms with Gasteiger partial charge in [-0.25, -0.2) is 8.78 Å². The van der Waals surface area contributed by atoms with E-state index in [1.54, 1.807) is 0 Å². The fraction of sp³-hybridized carbons (Fsp3) is 0.400. The Kier molecular flexibility index (Phi) is 3.98. The molecule has 1 aromatic rings. The van der Waals surface area contributed by atoms with Crippen molar-refractivity contribution in [3.8, 4) is 0 Å². The Morgan fingerprint density at radius 1 is 1.36 bits per heavy atom. The van der Waals surface area contributed by atoms with Crippen LogP contribution in [0, 0.1) is 11.6 Å². The lowest BCUT2D eigenvalue weighted by atomic mass is 10.0. The number of rotatable bonds is 4. The number of ether oxygens (including phenoxy) is 1. The fourth-order valence-electron chi connectivity index (χ4n) is 1.25. The van der Waals surface area contributed by atoms with Crippen LogP contribution in [0.15, 0.2) is 18.2 Å². The Balaban J connectivity index is 2.82. The van der Waals surface area contributed by atoms with Crippen LogP contribution in [0.3, 0.4) is 0 Å². The van der Waals surface area contributed by atoms with E-state index in [0.717, 1.165) is 0 Å². The first kappa shape index (κ1) is 11.1. The van der Waals surface area contributed by atoms with Crippen molar-refractivity contribution >= 4 is 0 Å². The van der Waals surface area contributed by atoms with Crippen LogP contribution in [-0.4, -0.2) is 13.7 Å². The van der Waals surface area contributed by atoms with Gasteiger partial charge in [0.05, 0.1) is 0 Å². The molecule has 1 atom stereocenters. The van der Waals surface area contributed by atoms with Gasteiger partial charge in [-0.05, 0) is 18.6 Å². The molecule has 0 saturated heterocycles. The maximum atomic E-state index is 13.2. The van der Waals surface area contributed by atoms with Crippen molar-refractivity contribution in [2.45, 2.75) is 12.5 Å². The molecule has 4 heteroatoms. The predicted octanol–water partition coefficient (Wildman–Crippen LogP) is 2.00. The molecule has 1 aromatic carbocycles. The molecule has 0 radical (unpaired) electrons. The van der Waals surface area contributed by atoms with Crippen molar-refractivity contribution in [2.24, 2.45) is 5.73 Å². The van der Waals surface area contributed by atoms with E-state index in [1.165, 1.54) is 25.3 Å². The molecule has 2 nitrogen and oxygen atoms in total. The monoisotopic (exact) mass is 201 g/mol. The maximum absolute atomic E-state index is 13.2. The van der Waals surface area contributed by atoms with Crippen LogP contribution in [0.2, 0.25) is 0 Å². The van der Waals surface area contributed by atoms with Crippen LogP contribution >= 0.6 is 0 Å². The quantitative estimate of drug-likeness (QED) is 0.808. The average molecular weight is 201 g/mol. The van der Waals surface area contributed by atoms with Gasteiger partial charge in [0.15, 0.2) is 0 Å². The summed E-state index contributed by atoms with van der Waals surface area (Å²) in [6.45, 7) is 0.384. The van der Waals surface area contributed by atoms with E-state index in [2.05, 4.69) is 0 Å². The predicted molar refractivity (Wildman–Crippen MR) is 49.8 cm³/mol. The Labute approximate surface area is 81.7 Å². The lowest BCUT2D eigenvalue weighted by molar-refractivity contribution is 0.187. The molecule has 14 heavy (non-hydrogen) atoms. The summed E-state index contributed by atoms with van der Waals surface area (Å²) >= 11 is 0. The summed E-state index contributed by atoms with van der Waals surface area (Å²) in [4.78, 5) is 0. The van der Waals surface area contributed by atoms with Crippen LogP contribution in [0.5, 0.6) is 0 Å². The molecule has 0 amide bonds. The highest BCUT2D eigenvalue weighted by atomic mass is 19.1. The zero-order valence-corrected chi connectivity index (χ0v) is 7.97. The molecule has 0 bridgehead atoms. The smallest absolute Gasteiger partial charge is 0.130 e. The van der Waals surface area contributed by atoms with Crippen LogP contribution in [0.1, 0.15) is 18.0 Å². The third kappa shape index (κ3) is 2.49. The second-order valence-electron chi connectivity index (χ2n) is 3.02. The SMILES string of the molecule is COCCC(N)c1c(F)cccc1F. The van der Waals surface area contributed by atoms with Crippen LogP contribution in [0.25, 0.3) is 0 Å². The molecule has 78 valence electrons. The molecule has 0 spiro atoms. The zero-order chi connectivity index (χ0) is 10.6. The summed E-state index contributed by atoms with van der Waals surface area (Å²) in [6, 6.07) is 3.06. The highest BCUT2D eigenvalue weighted by Crippen LogP contribution is 2.20. The number of benzene rings is 1. The highest BCUT2D eigenvalue weighted by molar-refractivity contribution is 5.22. The molecule has 0 aliphatic heterocycles. The molecule has 0 aliphatic rings. The minimum Gasteiger partial charge on any atom is -0.385 e. The minimum absolute atomic E-state index is 0.0652. The van der Waals surface area contributed by atoms with Crippen LogP contribution < -0.4 is 5.73 Å². The molecule has 0 fully saturated rings. The molecule has 0 heterocycles. The second-order valence-corrected chi connectivity index (χ2v) is 3.02. The Bertz CT molecular complexity index is 284. The summed E-state index contributed by atoms with van der Waals surface area (Å²) in [6.07, 6.45) is 0.397. The first-order valence-electron chi connectivity index (χ1n) is 4.35. The molecular formula is C10H13F2NO. The van der Waals surface area contributed by atoms with E-state index in [0.29, 0.717) is 13.0 Å². The van der Waals surface area contributed by atoms with Crippen LogP contribution in [-0.2, 0) is 4.74 Å². The lowest BCUT2D eigenvalue weighted by Crippen LogP contribution is -2.16. The maximum Gasteiger partial charge on any atom is 0.130 e. The number of hydrogen-bond donors (Lipinski definition) is 1. The van der Waals surface area contributed by atoms with Gasteiger partial charge in [-0.2, -0.15) is 0 Å². The normalized spacial score (nSPS) is 12.9. The van der Waals surface area contributed by atoms with Gasteiger partial charge in [0.1, 0.15) is 11.6 Å². The Morgan fingerprint density at radius 2 is 1.93 bits per heavy atom. The highest BCUT2D eigenvalue weighted by Gasteiger charge is 2.15. The van der Waals surface area contributed by atoms with Gasteiger partial charge in [0, 0.05) is 25.3 Å². The first-order valence-corrected chi connectivity index (χ1v) is 4.35. The molecule has 0 saturated carbocycles. The van der Waals surface area contributed by atoms with Crippen molar-refractivity contribution in [1.82, 2.24) is 0 Å². The number of halogens is 2. The van der Waals surface area contributed by atoms with Gasteiger partial charge in [0.2, 0.25) is 0 Å². The summed E-state index contributed by atoms with van der Waals surface area (Å²) < 4.78 is 31.1. The molecular weight excluding hydrogens is 188 g/mol. The Morgan fingerprint density at radius 3 is 2.43 bits per heavy atom. The van der Waals surface area contributed by atoms with Gasteiger partial charge >= 0.3 is 0 Å². The third-order valence-electron chi connectivity index (χ3n) is 2.00. The summed E-state index contributed by atoms with van der Waals surface area (Å²) in [5.41, 5.74) is 5.56. The van der Waals surface area contributed by atoms with E-state index in [4.69, 9.17) is 10.5 Å². The lowest BCUT2D eigenvalue weighted by Gasteiger charge is -2.12. The van der Waals surface area contributed by atoms with E-state index in [9.17, 15) is 8.78 Å². The zero-order valence-electron chi connectivity index (χ0n) is 7.97. The Hall–Kier alpha value is -1.00. The molecule has 1 rings (SSSR count). The van der Waals surface area contributed by atoms with Gasteiger partial charge in [0.25, 0.3) is 0 Å². The summed E-state index contributed by atoms with van der Waals surface area (Å²) in [7, 11) is 1.52. The number of nitrogens with two attached hydrogens (primary N) is 1. The van der Waals surface area contributed by atoms with Crippen molar-refractivity contribution < 1.29 is 13.5 Å². The van der Waals surface area contributed by atoms with Gasteiger partial charge < -0.3 is 10.5 Å². The third-order valence-corrected chi connectivity index (χ3v) is 2.00. The topological polar surface area (TPSA) is 35.2 Å². The van der Waals surface area contributed by atoms with E-state index in [-0.39, 0.29) is 5.56 Å². The van der Waals surface area contributed by atoms with Gasteiger partial charge in [-0.15, -0.1) is 0 Å². The second kappa shape index (κ2) is 5.02. The standard InChI is InChI=1S/C10H13F2NO/c1-14-6-5-9(13)10-7(11)3-2-4-8(10)12/h2-4,9H,5-6,13H2,1H3. The first-order chi connectivity index (χ1) is 6.66. The van der Waals surface area contributed by atoms with E-state index >= 15 is 0 Å². The fourth-order valence-corrected chi connectivity index (χ4v) is 1.25. The van der Waals surface area contributed by atoms with Gasteiger partial charge in [-0.3, -0.25) is 0 Å². The molecule has 0 aliphatic carbocycles. The van der Waals surface area contributed by atoms with Crippen LogP contribution in [0.4, 0.5) is 8.78 Å².